The first kappa shape index (κ1) is 14.8. The number of nitrogens with one attached hydrogen (secondary N) is 1. The Labute approximate surface area is 116 Å². The van der Waals surface area contributed by atoms with Crippen molar-refractivity contribution in [3.8, 4) is 11.5 Å². The first-order valence-electron chi connectivity index (χ1n) is 5.65. The van der Waals surface area contributed by atoms with E-state index < -0.39 is 0 Å². The van der Waals surface area contributed by atoms with Crippen LogP contribution in [0, 0.1) is 0 Å². The molecule has 1 N–H and O–H groups in total. The van der Waals surface area contributed by atoms with Gasteiger partial charge in [-0.05, 0) is 47.0 Å². The third-order valence-electron chi connectivity index (χ3n) is 2.53. The highest BCUT2D eigenvalue weighted by Gasteiger charge is 2.13. The van der Waals surface area contributed by atoms with Gasteiger partial charge in [0.05, 0.1) is 18.7 Å². The molecule has 1 rings (SSSR count). The maximum Gasteiger partial charge on any atom is 0.217 e. The van der Waals surface area contributed by atoms with E-state index in [0.29, 0.717) is 6.42 Å². The minimum absolute atomic E-state index is 0.0365. The summed E-state index contributed by atoms with van der Waals surface area (Å²) < 4.78 is 11.4. The molecule has 100 valence electrons. The summed E-state index contributed by atoms with van der Waals surface area (Å²) in [4.78, 5) is 11.0. The first-order valence-corrected chi connectivity index (χ1v) is 6.44. The number of ether oxygens (including phenoxy) is 2. The van der Waals surface area contributed by atoms with Crippen molar-refractivity contribution in [2.24, 2.45) is 0 Å². The van der Waals surface area contributed by atoms with E-state index in [2.05, 4.69) is 21.2 Å². The van der Waals surface area contributed by atoms with Crippen LogP contribution in [0.25, 0.3) is 0 Å². The monoisotopic (exact) mass is 315 g/mol. The number of carbonyl (C=O) groups excluding carboxylic acids is 1. The molecule has 1 aromatic carbocycles. The van der Waals surface area contributed by atoms with E-state index in [0.717, 1.165) is 21.5 Å². The number of hydrogen-bond donors (Lipinski definition) is 1. The van der Waals surface area contributed by atoms with E-state index in [1.54, 1.807) is 14.2 Å². The lowest BCUT2D eigenvalue weighted by Gasteiger charge is -2.16. The molecule has 5 heteroatoms. The summed E-state index contributed by atoms with van der Waals surface area (Å²) in [6.07, 6.45) is 0.687. The largest absolute Gasteiger partial charge is 0.496 e. The highest BCUT2D eigenvalue weighted by molar-refractivity contribution is 9.10. The van der Waals surface area contributed by atoms with Crippen LogP contribution in [0.2, 0.25) is 0 Å². The molecule has 0 radical (unpaired) electrons. The molecule has 4 nitrogen and oxygen atoms in total. The van der Waals surface area contributed by atoms with Crippen molar-refractivity contribution in [1.82, 2.24) is 5.32 Å². The molecule has 0 spiro atoms. The van der Waals surface area contributed by atoms with Crippen LogP contribution >= 0.6 is 15.9 Å². The van der Waals surface area contributed by atoms with Crippen molar-refractivity contribution in [1.29, 1.82) is 0 Å². The number of hydrogen-bond acceptors (Lipinski definition) is 3. The summed E-state index contributed by atoms with van der Waals surface area (Å²) in [5.41, 5.74) is 0.999. The summed E-state index contributed by atoms with van der Waals surface area (Å²) in [7, 11) is 3.24. The number of halogens is 1. The van der Waals surface area contributed by atoms with Gasteiger partial charge in [-0.3, -0.25) is 4.79 Å². The van der Waals surface area contributed by atoms with Crippen LogP contribution in [-0.4, -0.2) is 26.2 Å². The molecule has 0 saturated carbocycles. The summed E-state index contributed by atoms with van der Waals surface area (Å²) in [6.45, 7) is 3.46. The van der Waals surface area contributed by atoms with E-state index in [-0.39, 0.29) is 11.9 Å². The molecule has 18 heavy (non-hydrogen) atoms. The van der Waals surface area contributed by atoms with E-state index in [1.165, 1.54) is 6.92 Å². The Morgan fingerprint density at radius 2 is 1.94 bits per heavy atom. The van der Waals surface area contributed by atoms with Gasteiger partial charge in [-0.1, -0.05) is 0 Å². The van der Waals surface area contributed by atoms with E-state index >= 15 is 0 Å². The molecular weight excluding hydrogens is 298 g/mol. The standard InChI is InChI=1S/C13H18BrNO3/c1-8(15-9(2)16)5-10-6-13(18-4)11(14)7-12(10)17-3/h6-8H,5H2,1-4H3,(H,15,16). The second-order valence-electron chi connectivity index (χ2n) is 4.10. The van der Waals surface area contributed by atoms with E-state index in [4.69, 9.17) is 9.47 Å². The topological polar surface area (TPSA) is 47.6 Å². The molecule has 0 saturated heterocycles. The quantitative estimate of drug-likeness (QED) is 0.908. The number of rotatable bonds is 5. The van der Waals surface area contributed by atoms with Crippen molar-refractivity contribution in [3.05, 3.63) is 22.2 Å². The summed E-state index contributed by atoms with van der Waals surface area (Å²) >= 11 is 3.41. The fourth-order valence-electron chi connectivity index (χ4n) is 1.81. The number of amides is 1. The number of methoxy groups -OCH3 is 2. The number of benzene rings is 1. The number of carbonyl (C=O) groups is 1. The fourth-order valence-corrected chi connectivity index (χ4v) is 2.30. The Kier molecular flexibility index (Phi) is 5.47. The molecular formula is C13H18BrNO3. The van der Waals surface area contributed by atoms with Crippen LogP contribution in [0.15, 0.2) is 16.6 Å². The average molecular weight is 316 g/mol. The van der Waals surface area contributed by atoms with Crippen LogP contribution in [0.5, 0.6) is 11.5 Å². The van der Waals surface area contributed by atoms with Crippen molar-refractivity contribution >= 4 is 21.8 Å². The summed E-state index contributed by atoms with van der Waals surface area (Å²) in [5.74, 6) is 1.49. The Bertz CT molecular complexity index is 434. The lowest BCUT2D eigenvalue weighted by molar-refractivity contribution is -0.119. The molecule has 0 aliphatic rings. The summed E-state index contributed by atoms with van der Waals surface area (Å²) in [5, 5.41) is 2.85. The highest BCUT2D eigenvalue weighted by Crippen LogP contribution is 2.33. The Balaban J connectivity index is 2.95. The first-order chi connectivity index (χ1) is 8.47. The third-order valence-corrected chi connectivity index (χ3v) is 3.15. The van der Waals surface area contributed by atoms with Crippen molar-refractivity contribution in [2.45, 2.75) is 26.3 Å². The highest BCUT2D eigenvalue weighted by atomic mass is 79.9. The van der Waals surface area contributed by atoms with Crippen LogP contribution in [0.1, 0.15) is 19.4 Å². The minimum atomic E-state index is -0.0365. The molecule has 1 aromatic rings. The predicted molar refractivity (Wildman–Crippen MR) is 74.2 cm³/mol. The van der Waals surface area contributed by atoms with Crippen LogP contribution in [0.3, 0.4) is 0 Å². The molecule has 0 aliphatic carbocycles. The Hall–Kier alpha value is -1.23. The van der Waals surface area contributed by atoms with Crippen molar-refractivity contribution < 1.29 is 14.3 Å². The van der Waals surface area contributed by atoms with Gasteiger partial charge in [-0.25, -0.2) is 0 Å². The van der Waals surface area contributed by atoms with Gasteiger partial charge in [-0.2, -0.15) is 0 Å². The van der Waals surface area contributed by atoms with Gasteiger partial charge in [0.25, 0.3) is 0 Å². The van der Waals surface area contributed by atoms with Crippen molar-refractivity contribution in [2.75, 3.05) is 14.2 Å². The Morgan fingerprint density at radius 1 is 1.33 bits per heavy atom. The SMILES string of the molecule is COc1cc(CC(C)NC(C)=O)c(OC)cc1Br. The molecule has 1 amide bonds. The molecule has 0 fully saturated rings. The van der Waals surface area contributed by atoms with Crippen LogP contribution in [-0.2, 0) is 11.2 Å². The van der Waals surface area contributed by atoms with Gasteiger partial charge in [0.2, 0.25) is 5.91 Å². The molecule has 1 atom stereocenters. The zero-order valence-electron chi connectivity index (χ0n) is 11.0. The molecule has 0 heterocycles. The molecule has 0 aromatic heterocycles. The van der Waals surface area contributed by atoms with Crippen molar-refractivity contribution in [3.63, 3.8) is 0 Å². The lowest BCUT2D eigenvalue weighted by Crippen LogP contribution is -2.32. The zero-order valence-corrected chi connectivity index (χ0v) is 12.6. The summed E-state index contributed by atoms with van der Waals surface area (Å²) in [6, 6.07) is 3.83. The maximum atomic E-state index is 11.0. The van der Waals surface area contributed by atoms with E-state index in [1.807, 2.05) is 19.1 Å². The third kappa shape index (κ3) is 3.91. The second-order valence-corrected chi connectivity index (χ2v) is 4.96. The van der Waals surface area contributed by atoms with Gasteiger partial charge >= 0.3 is 0 Å². The normalized spacial score (nSPS) is 11.8. The van der Waals surface area contributed by atoms with E-state index in [9.17, 15) is 4.79 Å². The molecule has 0 aliphatic heterocycles. The van der Waals surface area contributed by atoms with Gasteiger partial charge in [0, 0.05) is 13.0 Å². The van der Waals surface area contributed by atoms with Crippen LogP contribution < -0.4 is 14.8 Å². The second kappa shape index (κ2) is 6.64. The molecule has 0 bridgehead atoms. The van der Waals surface area contributed by atoms with Gasteiger partial charge < -0.3 is 14.8 Å². The fraction of sp³-hybridized carbons (Fsp3) is 0.462. The maximum absolute atomic E-state index is 11.0. The van der Waals surface area contributed by atoms with Crippen LogP contribution in [0.4, 0.5) is 0 Å². The zero-order chi connectivity index (χ0) is 13.7. The smallest absolute Gasteiger partial charge is 0.217 e. The Morgan fingerprint density at radius 3 is 2.44 bits per heavy atom. The average Bonchev–Trinajstić information content (AvgIpc) is 2.29. The van der Waals surface area contributed by atoms with Gasteiger partial charge in [-0.15, -0.1) is 0 Å². The van der Waals surface area contributed by atoms with Gasteiger partial charge in [0.1, 0.15) is 11.5 Å². The minimum Gasteiger partial charge on any atom is -0.496 e. The lowest BCUT2D eigenvalue weighted by atomic mass is 10.1. The van der Waals surface area contributed by atoms with Gasteiger partial charge in [0.15, 0.2) is 0 Å². The molecule has 1 unspecified atom stereocenters. The predicted octanol–water partition coefficient (Wildman–Crippen LogP) is 2.53.